The molecular weight excluding hydrogens is 326 g/mol. The van der Waals surface area contributed by atoms with Crippen LogP contribution in [0.3, 0.4) is 0 Å². The first-order valence-electron chi connectivity index (χ1n) is 5.98. The highest BCUT2D eigenvalue weighted by Crippen LogP contribution is 2.37. The van der Waals surface area contributed by atoms with Crippen LogP contribution in [-0.2, 0) is 10.2 Å². The highest BCUT2D eigenvalue weighted by molar-refractivity contribution is 9.12. The quantitative estimate of drug-likeness (QED) is 0.846. The number of rotatable bonds is 1. The van der Waals surface area contributed by atoms with E-state index in [0.29, 0.717) is 11.3 Å². The van der Waals surface area contributed by atoms with Gasteiger partial charge in [0.2, 0.25) is 0 Å². The van der Waals surface area contributed by atoms with Gasteiger partial charge < -0.3 is 9.63 Å². The van der Waals surface area contributed by atoms with Gasteiger partial charge in [0, 0.05) is 5.41 Å². The van der Waals surface area contributed by atoms with Gasteiger partial charge in [0.15, 0.2) is 17.8 Å². The van der Waals surface area contributed by atoms with Gasteiger partial charge in [0.05, 0.1) is 4.48 Å². The lowest BCUT2D eigenvalue weighted by Gasteiger charge is -2.19. The maximum atomic E-state index is 12.1. The largest absolute Gasteiger partial charge is 0.369 e. The molecule has 6 nitrogen and oxygen atoms in total. The van der Waals surface area contributed by atoms with Crippen LogP contribution in [0.4, 0.5) is 5.82 Å². The Morgan fingerprint density at radius 3 is 2.50 bits per heavy atom. The number of anilines is 1. The van der Waals surface area contributed by atoms with Crippen LogP contribution in [0, 0.1) is 11.3 Å². The molecule has 1 aliphatic heterocycles. The van der Waals surface area contributed by atoms with Crippen molar-refractivity contribution in [3.8, 4) is 6.07 Å². The van der Waals surface area contributed by atoms with Crippen molar-refractivity contribution in [2.75, 3.05) is 4.90 Å². The van der Waals surface area contributed by atoms with Crippen LogP contribution in [0.15, 0.2) is 14.6 Å². The average Bonchev–Trinajstić information content (AvgIpc) is 2.86. The Bertz CT molecular complexity index is 649. The van der Waals surface area contributed by atoms with Crippen molar-refractivity contribution < 1.29 is 14.4 Å². The number of aromatic nitrogens is 1. The van der Waals surface area contributed by atoms with Crippen LogP contribution in [0.1, 0.15) is 39.0 Å². The van der Waals surface area contributed by atoms with Gasteiger partial charge in [-0.3, -0.25) is 9.69 Å². The summed E-state index contributed by atoms with van der Waals surface area (Å²) in [5.41, 5.74) is 0.211. The zero-order chi connectivity index (χ0) is 15.2. The van der Waals surface area contributed by atoms with Gasteiger partial charge in [-0.25, -0.2) is 0 Å². The summed E-state index contributed by atoms with van der Waals surface area (Å²) < 4.78 is 5.49. The predicted octanol–water partition coefficient (Wildman–Crippen LogP) is 2.18. The molecule has 2 rings (SSSR count). The molecule has 1 unspecified atom stereocenters. The van der Waals surface area contributed by atoms with Gasteiger partial charge in [0.25, 0.3) is 5.91 Å². The molecule has 1 N–H and O–H groups in total. The van der Waals surface area contributed by atoms with Crippen LogP contribution in [-0.4, -0.2) is 22.4 Å². The van der Waals surface area contributed by atoms with E-state index in [4.69, 9.17) is 4.52 Å². The molecule has 0 radical (unpaired) electrons. The second-order valence-electron chi connectivity index (χ2n) is 5.62. The van der Waals surface area contributed by atoms with Crippen molar-refractivity contribution in [3.05, 3.63) is 21.4 Å². The van der Waals surface area contributed by atoms with E-state index < -0.39 is 17.6 Å². The Labute approximate surface area is 124 Å². The van der Waals surface area contributed by atoms with Crippen LogP contribution in [0.2, 0.25) is 0 Å². The summed E-state index contributed by atoms with van der Waals surface area (Å²) in [6.07, 6.45) is -1.15. The molecule has 0 bridgehead atoms. The van der Waals surface area contributed by atoms with Crippen LogP contribution in [0.5, 0.6) is 0 Å². The zero-order valence-electron chi connectivity index (χ0n) is 11.6. The fourth-order valence-electron chi connectivity index (χ4n) is 1.96. The van der Waals surface area contributed by atoms with Crippen LogP contribution in [0.25, 0.3) is 0 Å². The fraction of sp³-hybridized carbons (Fsp3) is 0.462. The minimum atomic E-state index is -1.15. The molecular formula is C13H14BrN3O3. The Morgan fingerprint density at radius 2 is 2.10 bits per heavy atom. The summed E-state index contributed by atoms with van der Waals surface area (Å²) in [6.45, 7) is 7.25. The van der Waals surface area contributed by atoms with Crippen molar-refractivity contribution in [1.82, 2.24) is 5.16 Å². The summed E-state index contributed by atoms with van der Waals surface area (Å²) in [6, 6.07) is 2.00. The Morgan fingerprint density at radius 1 is 1.50 bits per heavy atom. The minimum absolute atomic E-state index is 0.0451. The summed E-state index contributed by atoms with van der Waals surface area (Å²) in [5.74, 6) is -0.0142. The van der Waals surface area contributed by atoms with Crippen molar-refractivity contribution in [2.24, 2.45) is 0 Å². The highest BCUT2D eigenvalue weighted by Gasteiger charge is 2.40. The van der Waals surface area contributed by atoms with Crippen molar-refractivity contribution >= 4 is 27.7 Å². The van der Waals surface area contributed by atoms with E-state index in [-0.39, 0.29) is 15.9 Å². The van der Waals surface area contributed by atoms with Crippen LogP contribution < -0.4 is 4.90 Å². The lowest BCUT2D eigenvalue weighted by atomic mass is 9.90. The third kappa shape index (κ3) is 2.05. The van der Waals surface area contributed by atoms with Crippen molar-refractivity contribution in [2.45, 2.75) is 39.3 Å². The first-order chi connectivity index (χ1) is 9.20. The molecule has 20 heavy (non-hydrogen) atoms. The molecule has 0 spiro atoms. The highest BCUT2D eigenvalue weighted by atomic mass is 79.9. The third-order valence-corrected chi connectivity index (χ3v) is 4.04. The molecule has 106 valence electrons. The number of aliphatic hydroxyl groups excluding tert-OH is 1. The van der Waals surface area contributed by atoms with Gasteiger partial charge in [-0.15, -0.1) is 0 Å². The minimum Gasteiger partial charge on any atom is -0.369 e. The van der Waals surface area contributed by atoms with E-state index in [1.165, 1.54) is 0 Å². The van der Waals surface area contributed by atoms with Gasteiger partial charge in [-0.05, 0) is 28.4 Å². The normalized spacial score (nSPS) is 19.8. The second kappa shape index (κ2) is 4.72. The second-order valence-corrected chi connectivity index (χ2v) is 6.41. The average molecular weight is 340 g/mol. The first-order valence-corrected chi connectivity index (χ1v) is 6.77. The van der Waals surface area contributed by atoms with Gasteiger partial charge >= 0.3 is 0 Å². The van der Waals surface area contributed by atoms with E-state index in [1.807, 2.05) is 26.8 Å². The molecule has 1 amide bonds. The monoisotopic (exact) mass is 339 g/mol. The molecule has 0 fully saturated rings. The molecule has 0 saturated heterocycles. The molecule has 0 saturated carbocycles. The molecule has 2 heterocycles. The lowest BCUT2D eigenvalue weighted by Crippen LogP contribution is -2.36. The molecule has 1 aromatic rings. The van der Waals surface area contributed by atoms with E-state index in [9.17, 15) is 15.2 Å². The number of halogens is 1. The molecule has 1 aliphatic rings. The number of hydrogen-bond acceptors (Lipinski definition) is 5. The number of hydrogen-bond donors (Lipinski definition) is 1. The summed E-state index contributed by atoms with van der Waals surface area (Å²) in [5, 5.41) is 23.2. The predicted molar refractivity (Wildman–Crippen MR) is 75.0 cm³/mol. The number of nitrogens with zero attached hydrogens (tertiary/aromatic N) is 3. The standard InChI is InChI=1S/C13H14BrN3O3/c1-6-8(14)12(19)17(11(6)18)10-7(5-15)9(20-16-10)13(2,3)4/h11,18H,1-4H3. The number of nitriles is 1. The van der Waals surface area contributed by atoms with E-state index in [1.54, 1.807) is 6.92 Å². The third-order valence-electron chi connectivity index (χ3n) is 3.08. The molecule has 1 atom stereocenters. The molecule has 0 aliphatic carbocycles. The number of carbonyl (C=O) groups is 1. The molecule has 7 heteroatoms. The van der Waals surface area contributed by atoms with Crippen molar-refractivity contribution in [3.63, 3.8) is 0 Å². The van der Waals surface area contributed by atoms with E-state index >= 15 is 0 Å². The van der Waals surface area contributed by atoms with Gasteiger partial charge in [-0.2, -0.15) is 5.26 Å². The lowest BCUT2D eigenvalue weighted by molar-refractivity contribution is -0.115. The van der Waals surface area contributed by atoms with Gasteiger partial charge in [-0.1, -0.05) is 25.9 Å². The molecule has 0 aromatic carbocycles. The SMILES string of the molecule is CC1=C(Br)C(=O)N(c2noc(C(C)(C)C)c2C#N)C1O. The Kier molecular flexibility index (Phi) is 3.48. The van der Waals surface area contributed by atoms with Gasteiger partial charge in [0.1, 0.15) is 11.6 Å². The van der Waals surface area contributed by atoms with E-state index in [0.717, 1.165) is 4.90 Å². The number of aliphatic hydroxyl groups is 1. The topological polar surface area (TPSA) is 90.4 Å². The molecule has 1 aromatic heterocycles. The van der Waals surface area contributed by atoms with E-state index in [2.05, 4.69) is 21.1 Å². The van der Waals surface area contributed by atoms with Crippen molar-refractivity contribution in [1.29, 1.82) is 5.26 Å². The maximum absolute atomic E-state index is 12.1. The Hall–Kier alpha value is -1.65. The smallest absolute Gasteiger partial charge is 0.269 e. The number of amides is 1. The zero-order valence-corrected chi connectivity index (χ0v) is 13.1. The first kappa shape index (κ1) is 14.8. The maximum Gasteiger partial charge on any atom is 0.269 e. The summed E-state index contributed by atoms with van der Waals surface area (Å²) in [7, 11) is 0. The number of carbonyl (C=O) groups excluding carboxylic acids is 1. The summed E-state index contributed by atoms with van der Waals surface area (Å²) in [4.78, 5) is 13.2. The Balaban J connectivity index is 2.55. The summed E-state index contributed by atoms with van der Waals surface area (Å²) >= 11 is 3.13. The van der Waals surface area contributed by atoms with Crippen LogP contribution >= 0.6 is 15.9 Å². The fourth-order valence-corrected chi connectivity index (χ4v) is 2.36.